The minimum absolute atomic E-state index is 0.220. The summed E-state index contributed by atoms with van der Waals surface area (Å²) >= 11 is 0. The molecule has 18 heavy (non-hydrogen) atoms. The van der Waals surface area contributed by atoms with Gasteiger partial charge in [-0.3, -0.25) is 9.69 Å². The lowest BCUT2D eigenvalue weighted by Crippen LogP contribution is -2.52. The molecule has 0 aromatic heterocycles. The van der Waals surface area contributed by atoms with E-state index in [0.29, 0.717) is 18.2 Å². The molecule has 1 rings (SSSR count). The predicted octanol–water partition coefficient (Wildman–Crippen LogP) is 1.34. The topological polar surface area (TPSA) is 43.8 Å². The largest absolute Gasteiger partial charge is 0.395 e. The SMILES string of the molecule is CCC(CO)N1CCN(C(=O)CCC(C)C)CC1. The summed E-state index contributed by atoms with van der Waals surface area (Å²) in [5.74, 6) is 0.884. The van der Waals surface area contributed by atoms with Crippen LogP contribution in [0, 0.1) is 5.92 Å². The van der Waals surface area contributed by atoms with Crippen LogP contribution < -0.4 is 0 Å². The van der Waals surface area contributed by atoms with Crippen LogP contribution in [-0.4, -0.2) is 59.6 Å². The quantitative estimate of drug-likeness (QED) is 0.780. The molecule has 0 aromatic carbocycles. The number of piperazine rings is 1. The standard InChI is InChI=1S/C14H28N2O2/c1-4-13(11-17)15-7-9-16(10-8-15)14(18)6-5-12(2)3/h12-13,17H,4-11H2,1-3H3. The zero-order chi connectivity index (χ0) is 13.5. The third-order valence-electron chi connectivity index (χ3n) is 3.80. The van der Waals surface area contributed by atoms with Crippen molar-refractivity contribution in [2.24, 2.45) is 5.92 Å². The second-order valence-corrected chi connectivity index (χ2v) is 5.59. The lowest BCUT2D eigenvalue weighted by Gasteiger charge is -2.38. The molecule has 0 aliphatic carbocycles. The van der Waals surface area contributed by atoms with Crippen molar-refractivity contribution in [3.63, 3.8) is 0 Å². The Morgan fingerprint density at radius 2 is 1.83 bits per heavy atom. The lowest BCUT2D eigenvalue weighted by atomic mass is 10.1. The highest BCUT2D eigenvalue weighted by Gasteiger charge is 2.24. The molecule has 1 amide bonds. The highest BCUT2D eigenvalue weighted by Crippen LogP contribution is 2.12. The molecule has 1 aliphatic heterocycles. The van der Waals surface area contributed by atoms with Crippen molar-refractivity contribution in [1.82, 2.24) is 9.80 Å². The maximum atomic E-state index is 12.0. The number of carbonyl (C=O) groups excluding carboxylic acids is 1. The molecule has 1 atom stereocenters. The minimum Gasteiger partial charge on any atom is -0.395 e. The molecule has 0 bridgehead atoms. The summed E-state index contributed by atoms with van der Waals surface area (Å²) in [5, 5.41) is 9.28. The fraction of sp³-hybridized carbons (Fsp3) is 0.929. The van der Waals surface area contributed by atoms with E-state index in [4.69, 9.17) is 0 Å². The molecule has 1 unspecified atom stereocenters. The van der Waals surface area contributed by atoms with Gasteiger partial charge in [0.1, 0.15) is 0 Å². The Balaban J connectivity index is 2.32. The Hall–Kier alpha value is -0.610. The summed E-state index contributed by atoms with van der Waals surface area (Å²) in [7, 11) is 0. The average molecular weight is 256 g/mol. The first-order chi connectivity index (χ1) is 8.58. The third-order valence-corrected chi connectivity index (χ3v) is 3.80. The van der Waals surface area contributed by atoms with Crippen molar-refractivity contribution < 1.29 is 9.90 Å². The summed E-state index contributed by atoms with van der Waals surface area (Å²) < 4.78 is 0. The number of carbonyl (C=O) groups is 1. The number of hydrogen-bond acceptors (Lipinski definition) is 3. The zero-order valence-corrected chi connectivity index (χ0v) is 12.1. The van der Waals surface area contributed by atoms with E-state index < -0.39 is 0 Å². The maximum absolute atomic E-state index is 12.0. The van der Waals surface area contributed by atoms with Crippen LogP contribution in [0.3, 0.4) is 0 Å². The molecule has 106 valence electrons. The molecule has 1 saturated heterocycles. The first-order valence-corrected chi connectivity index (χ1v) is 7.21. The Labute approximate surface area is 111 Å². The molecule has 1 aliphatic rings. The van der Waals surface area contributed by atoms with E-state index in [9.17, 15) is 9.90 Å². The highest BCUT2D eigenvalue weighted by molar-refractivity contribution is 5.76. The summed E-state index contributed by atoms with van der Waals surface area (Å²) in [6, 6.07) is 0.262. The Kier molecular flexibility index (Phi) is 6.65. The van der Waals surface area contributed by atoms with Crippen LogP contribution in [0.25, 0.3) is 0 Å². The van der Waals surface area contributed by atoms with E-state index in [1.54, 1.807) is 0 Å². The summed E-state index contributed by atoms with van der Waals surface area (Å²) in [5.41, 5.74) is 0. The van der Waals surface area contributed by atoms with Crippen LogP contribution in [-0.2, 0) is 4.79 Å². The van der Waals surface area contributed by atoms with E-state index in [1.165, 1.54) is 0 Å². The molecule has 0 saturated carbocycles. The van der Waals surface area contributed by atoms with Crippen LogP contribution in [0.1, 0.15) is 40.0 Å². The van der Waals surface area contributed by atoms with Gasteiger partial charge in [-0.25, -0.2) is 0 Å². The Morgan fingerprint density at radius 1 is 1.22 bits per heavy atom. The molecule has 4 heteroatoms. The van der Waals surface area contributed by atoms with Gasteiger partial charge in [-0.1, -0.05) is 20.8 Å². The molecule has 0 radical (unpaired) electrons. The van der Waals surface area contributed by atoms with Crippen molar-refractivity contribution in [3.05, 3.63) is 0 Å². The molecular formula is C14H28N2O2. The van der Waals surface area contributed by atoms with E-state index in [-0.39, 0.29) is 12.6 Å². The van der Waals surface area contributed by atoms with E-state index in [0.717, 1.165) is 39.0 Å². The number of aliphatic hydroxyl groups is 1. The van der Waals surface area contributed by atoms with Gasteiger partial charge in [0.15, 0.2) is 0 Å². The van der Waals surface area contributed by atoms with Gasteiger partial charge in [-0.2, -0.15) is 0 Å². The van der Waals surface area contributed by atoms with Crippen LogP contribution in [0.2, 0.25) is 0 Å². The van der Waals surface area contributed by atoms with Crippen molar-refractivity contribution in [2.75, 3.05) is 32.8 Å². The number of rotatable bonds is 6. The normalized spacial score (nSPS) is 19.3. The third kappa shape index (κ3) is 4.58. The van der Waals surface area contributed by atoms with Gasteiger partial charge in [0, 0.05) is 38.6 Å². The lowest BCUT2D eigenvalue weighted by molar-refractivity contribution is -0.133. The molecule has 4 nitrogen and oxygen atoms in total. The van der Waals surface area contributed by atoms with E-state index in [2.05, 4.69) is 25.7 Å². The Morgan fingerprint density at radius 3 is 2.28 bits per heavy atom. The molecular weight excluding hydrogens is 228 g/mol. The highest BCUT2D eigenvalue weighted by atomic mass is 16.3. The van der Waals surface area contributed by atoms with Crippen LogP contribution in [0.15, 0.2) is 0 Å². The predicted molar refractivity (Wildman–Crippen MR) is 73.4 cm³/mol. The number of amides is 1. The van der Waals surface area contributed by atoms with Crippen LogP contribution in [0.5, 0.6) is 0 Å². The van der Waals surface area contributed by atoms with Gasteiger partial charge >= 0.3 is 0 Å². The molecule has 0 spiro atoms. The second-order valence-electron chi connectivity index (χ2n) is 5.59. The molecule has 1 N–H and O–H groups in total. The van der Waals surface area contributed by atoms with Crippen molar-refractivity contribution >= 4 is 5.91 Å². The van der Waals surface area contributed by atoms with Crippen molar-refractivity contribution in [2.45, 2.75) is 46.1 Å². The smallest absolute Gasteiger partial charge is 0.222 e. The Bertz CT molecular complexity index is 244. The van der Waals surface area contributed by atoms with Crippen molar-refractivity contribution in [1.29, 1.82) is 0 Å². The second kappa shape index (κ2) is 7.74. The minimum atomic E-state index is 0.220. The fourth-order valence-electron chi connectivity index (χ4n) is 2.41. The van der Waals surface area contributed by atoms with Gasteiger partial charge < -0.3 is 10.0 Å². The first-order valence-electron chi connectivity index (χ1n) is 7.21. The first kappa shape index (κ1) is 15.4. The number of nitrogens with zero attached hydrogens (tertiary/aromatic N) is 2. The molecule has 1 heterocycles. The van der Waals surface area contributed by atoms with Gasteiger partial charge in [0.25, 0.3) is 0 Å². The van der Waals surface area contributed by atoms with E-state index in [1.807, 2.05) is 4.90 Å². The molecule has 1 fully saturated rings. The monoisotopic (exact) mass is 256 g/mol. The fourth-order valence-corrected chi connectivity index (χ4v) is 2.41. The van der Waals surface area contributed by atoms with Crippen molar-refractivity contribution in [3.8, 4) is 0 Å². The van der Waals surface area contributed by atoms with Gasteiger partial charge in [0.2, 0.25) is 5.91 Å². The van der Waals surface area contributed by atoms with Gasteiger partial charge in [-0.15, -0.1) is 0 Å². The summed E-state index contributed by atoms with van der Waals surface area (Å²) in [6.07, 6.45) is 2.62. The maximum Gasteiger partial charge on any atom is 0.222 e. The molecule has 0 aromatic rings. The van der Waals surface area contributed by atoms with Crippen LogP contribution >= 0.6 is 0 Å². The van der Waals surface area contributed by atoms with E-state index >= 15 is 0 Å². The average Bonchev–Trinajstić information content (AvgIpc) is 2.38. The van der Waals surface area contributed by atoms with Gasteiger partial charge in [-0.05, 0) is 18.8 Å². The number of hydrogen-bond donors (Lipinski definition) is 1. The zero-order valence-electron chi connectivity index (χ0n) is 12.1. The van der Waals surface area contributed by atoms with Gasteiger partial charge in [0.05, 0.1) is 6.61 Å². The summed E-state index contributed by atoms with van der Waals surface area (Å²) in [4.78, 5) is 16.2. The van der Waals surface area contributed by atoms with Crippen LogP contribution in [0.4, 0.5) is 0 Å². The number of aliphatic hydroxyl groups excluding tert-OH is 1. The summed E-state index contributed by atoms with van der Waals surface area (Å²) in [6.45, 7) is 10.0.